The van der Waals surface area contributed by atoms with Crippen molar-refractivity contribution in [2.75, 3.05) is 6.61 Å². The van der Waals surface area contributed by atoms with E-state index in [1.807, 2.05) is 13.8 Å². The molecular formula is C13H15ClO4. The van der Waals surface area contributed by atoms with Crippen molar-refractivity contribution in [1.82, 2.24) is 0 Å². The summed E-state index contributed by atoms with van der Waals surface area (Å²) in [4.78, 5) is 22.3. The predicted octanol–water partition coefficient (Wildman–Crippen LogP) is 3.03. The number of carbonyl (C=O) groups excluding carboxylic acids is 1. The fraction of sp³-hybridized carbons (Fsp3) is 0.385. The molecule has 1 N–H and O–H groups in total. The van der Waals surface area contributed by atoms with Crippen molar-refractivity contribution < 1.29 is 19.4 Å². The minimum atomic E-state index is -1.06. The number of carboxylic acids is 1. The van der Waals surface area contributed by atoms with Gasteiger partial charge in [0.25, 0.3) is 0 Å². The van der Waals surface area contributed by atoms with Crippen LogP contribution in [0.4, 0.5) is 0 Å². The maximum absolute atomic E-state index is 12.0. The average molecular weight is 271 g/mol. The molecule has 0 amide bonds. The van der Waals surface area contributed by atoms with Gasteiger partial charge in [0.15, 0.2) is 12.4 Å². The molecule has 0 radical (unpaired) electrons. The fourth-order valence-electron chi connectivity index (χ4n) is 1.38. The van der Waals surface area contributed by atoms with Gasteiger partial charge < -0.3 is 9.84 Å². The highest BCUT2D eigenvalue weighted by Gasteiger charge is 2.16. The summed E-state index contributed by atoms with van der Waals surface area (Å²) in [5.41, 5.74) is 0.439. The second-order valence-corrected chi connectivity index (χ2v) is 4.40. The Morgan fingerprint density at radius 1 is 1.44 bits per heavy atom. The van der Waals surface area contributed by atoms with E-state index in [0.717, 1.165) is 6.42 Å². The highest BCUT2D eigenvalue weighted by Crippen LogP contribution is 2.25. The van der Waals surface area contributed by atoms with E-state index in [-0.39, 0.29) is 16.7 Å². The van der Waals surface area contributed by atoms with Crippen molar-refractivity contribution in [3.63, 3.8) is 0 Å². The Kier molecular flexibility index (Phi) is 5.16. The van der Waals surface area contributed by atoms with Crippen LogP contribution in [0.5, 0.6) is 5.75 Å². The third kappa shape index (κ3) is 3.74. The standard InChI is InChI=1S/C13H15ClO4/c1-3-8(2)13(17)10-5-4-9(6-11(10)14)18-7-12(15)16/h4-6,8H,3,7H2,1-2H3,(H,15,16). The van der Waals surface area contributed by atoms with Gasteiger partial charge in [-0.05, 0) is 24.6 Å². The third-order valence-corrected chi connectivity index (χ3v) is 2.94. The number of hydrogen-bond donors (Lipinski definition) is 1. The van der Waals surface area contributed by atoms with Gasteiger partial charge in [-0.1, -0.05) is 25.4 Å². The quantitative estimate of drug-likeness (QED) is 0.807. The molecule has 1 aromatic rings. The SMILES string of the molecule is CCC(C)C(=O)c1ccc(OCC(=O)O)cc1Cl. The largest absolute Gasteiger partial charge is 0.482 e. The van der Waals surface area contributed by atoms with Crippen LogP contribution in [0.25, 0.3) is 0 Å². The van der Waals surface area contributed by atoms with E-state index in [0.29, 0.717) is 11.3 Å². The Bertz CT molecular complexity index is 456. The van der Waals surface area contributed by atoms with Crippen molar-refractivity contribution in [2.24, 2.45) is 5.92 Å². The number of Topliss-reactive ketones (excluding diaryl/α,β-unsaturated/α-hetero) is 1. The van der Waals surface area contributed by atoms with E-state index >= 15 is 0 Å². The Hall–Kier alpha value is -1.55. The lowest BCUT2D eigenvalue weighted by Gasteiger charge is -2.10. The number of ether oxygens (including phenoxy) is 1. The number of benzene rings is 1. The molecule has 0 heterocycles. The van der Waals surface area contributed by atoms with Gasteiger partial charge in [-0.15, -0.1) is 0 Å². The summed E-state index contributed by atoms with van der Waals surface area (Å²) < 4.78 is 4.97. The third-order valence-electron chi connectivity index (χ3n) is 2.63. The highest BCUT2D eigenvalue weighted by molar-refractivity contribution is 6.34. The van der Waals surface area contributed by atoms with Crippen LogP contribution < -0.4 is 4.74 Å². The fourth-order valence-corrected chi connectivity index (χ4v) is 1.65. The molecule has 1 aromatic carbocycles. The molecule has 4 nitrogen and oxygen atoms in total. The minimum absolute atomic E-state index is 0.0210. The molecular weight excluding hydrogens is 256 g/mol. The van der Waals surface area contributed by atoms with E-state index in [4.69, 9.17) is 21.4 Å². The summed E-state index contributed by atoms with van der Waals surface area (Å²) in [6.07, 6.45) is 0.742. The summed E-state index contributed by atoms with van der Waals surface area (Å²) in [7, 11) is 0. The molecule has 0 bridgehead atoms. The molecule has 1 unspecified atom stereocenters. The normalized spacial score (nSPS) is 11.9. The van der Waals surface area contributed by atoms with Crippen molar-refractivity contribution in [3.05, 3.63) is 28.8 Å². The molecule has 0 aromatic heterocycles. The maximum atomic E-state index is 12.0. The first kappa shape index (κ1) is 14.5. The number of ketones is 1. The zero-order chi connectivity index (χ0) is 13.7. The Balaban J connectivity index is 2.85. The lowest BCUT2D eigenvalue weighted by atomic mass is 9.97. The number of halogens is 1. The summed E-state index contributed by atoms with van der Waals surface area (Å²) in [5.74, 6) is -0.838. The van der Waals surface area contributed by atoms with E-state index in [1.165, 1.54) is 6.07 Å². The molecule has 0 spiro atoms. The maximum Gasteiger partial charge on any atom is 0.341 e. The summed E-state index contributed by atoms with van der Waals surface area (Å²) in [6, 6.07) is 4.57. The predicted molar refractivity (Wildman–Crippen MR) is 68.4 cm³/mol. The van der Waals surface area contributed by atoms with E-state index in [9.17, 15) is 9.59 Å². The molecule has 0 fully saturated rings. The summed E-state index contributed by atoms with van der Waals surface area (Å²) >= 11 is 5.99. The molecule has 1 atom stereocenters. The Morgan fingerprint density at radius 3 is 2.61 bits per heavy atom. The van der Waals surface area contributed by atoms with Crippen LogP contribution in [0.15, 0.2) is 18.2 Å². The first-order chi connectivity index (χ1) is 8.45. The lowest BCUT2D eigenvalue weighted by molar-refractivity contribution is -0.139. The molecule has 1 rings (SSSR count). The zero-order valence-electron chi connectivity index (χ0n) is 10.3. The van der Waals surface area contributed by atoms with E-state index in [2.05, 4.69) is 0 Å². The monoisotopic (exact) mass is 270 g/mol. The number of carboxylic acid groups (broad SMARTS) is 1. The second kappa shape index (κ2) is 6.40. The van der Waals surface area contributed by atoms with Gasteiger partial charge in [-0.25, -0.2) is 4.79 Å². The van der Waals surface area contributed by atoms with E-state index < -0.39 is 12.6 Å². The Labute approximate surface area is 111 Å². The molecule has 0 saturated heterocycles. The first-order valence-electron chi connectivity index (χ1n) is 5.64. The van der Waals surface area contributed by atoms with Crippen molar-refractivity contribution >= 4 is 23.4 Å². The van der Waals surface area contributed by atoms with Gasteiger partial charge in [0, 0.05) is 11.5 Å². The lowest BCUT2D eigenvalue weighted by Crippen LogP contribution is -2.12. The van der Waals surface area contributed by atoms with Crippen LogP contribution in [-0.2, 0) is 4.79 Å². The first-order valence-corrected chi connectivity index (χ1v) is 6.01. The van der Waals surface area contributed by atoms with Crippen LogP contribution in [-0.4, -0.2) is 23.5 Å². The van der Waals surface area contributed by atoms with Gasteiger partial charge in [0.05, 0.1) is 5.02 Å². The molecule has 98 valence electrons. The topological polar surface area (TPSA) is 63.6 Å². The van der Waals surface area contributed by atoms with Crippen LogP contribution >= 0.6 is 11.6 Å². The summed E-state index contributed by atoms with van der Waals surface area (Å²) in [6.45, 7) is 3.34. The molecule has 0 aliphatic rings. The van der Waals surface area contributed by atoms with E-state index in [1.54, 1.807) is 12.1 Å². The van der Waals surface area contributed by atoms with Crippen LogP contribution in [0.3, 0.4) is 0 Å². The average Bonchev–Trinajstić information content (AvgIpc) is 2.34. The van der Waals surface area contributed by atoms with Gasteiger partial charge in [0.2, 0.25) is 0 Å². The number of hydrogen-bond acceptors (Lipinski definition) is 3. The minimum Gasteiger partial charge on any atom is -0.482 e. The smallest absolute Gasteiger partial charge is 0.341 e. The van der Waals surface area contributed by atoms with Gasteiger partial charge in [-0.3, -0.25) is 4.79 Å². The van der Waals surface area contributed by atoms with Crippen LogP contribution in [0, 0.1) is 5.92 Å². The van der Waals surface area contributed by atoms with Gasteiger partial charge in [-0.2, -0.15) is 0 Å². The van der Waals surface area contributed by atoms with Crippen molar-refractivity contribution in [2.45, 2.75) is 20.3 Å². The number of rotatable bonds is 6. The van der Waals surface area contributed by atoms with Gasteiger partial charge >= 0.3 is 5.97 Å². The highest BCUT2D eigenvalue weighted by atomic mass is 35.5. The molecule has 0 saturated carbocycles. The molecule has 0 aliphatic carbocycles. The van der Waals surface area contributed by atoms with Gasteiger partial charge in [0.1, 0.15) is 5.75 Å². The second-order valence-electron chi connectivity index (χ2n) is 4.00. The zero-order valence-corrected chi connectivity index (χ0v) is 11.0. The van der Waals surface area contributed by atoms with Crippen LogP contribution in [0.1, 0.15) is 30.6 Å². The number of carbonyl (C=O) groups is 2. The molecule has 18 heavy (non-hydrogen) atoms. The van der Waals surface area contributed by atoms with Crippen molar-refractivity contribution in [1.29, 1.82) is 0 Å². The molecule has 0 aliphatic heterocycles. The van der Waals surface area contributed by atoms with Crippen LogP contribution in [0.2, 0.25) is 5.02 Å². The summed E-state index contributed by atoms with van der Waals surface area (Å²) in [5, 5.41) is 8.76. The molecule has 5 heteroatoms. The van der Waals surface area contributed by atoms with Crippen molar-refractivity contribution in [3.8, 4) is 5.75 Å². The Morgan fingerprint density at radius 2 is 2.11 bits per heavy atom. The number of aliphatic carboxylic acids is 1.